The fraction of sp³-hybridized carbons (Fsp3) is 0.909. The van der Waals surface area contributed by atoms with Crippen molar-refractivity contribution >= 4 is 5.91 Å². The Kier molecular flexibility index (Phi) is 5.73. The third kappa shape index (κ3) is 3.73. The molecule has 5 nitrogen and oxygen atoms in total. The van der Waals surface area contributed by atoms with Crippen LogP contribution in [0.15, 0.2) is 0 Å². The van der Waals surface area contributed by atoms with Gasteiger partial charge in [-0.1, -0.05) is 0 Å². The van der Waals surface area contributed by atoms with E-state index < -0.39 is 0 Å². The van der Waals surface area contributed by atoms with E-state index in [-0.39, 0.29) is 23.9 Å². The Morgan fingerprint density at radius 1 is 1.56 bits per heavy atom. The number of nitrogens with one attached hydrogen (secondary N) is 2. The van der Waals surface area contributed by atoms with E-state index in [0.29, 0.717) is 26.4 Å². The van der Waals surface area contributed by atoms with Gasteiger partial charge in [-0.3, -0.25) is 4.79 Å². The van der Waals surface area contributed by atoms with Crippen molar-refractivity contribution in [3.63, 3.8) is 0 Å². The van der Waals surface area contributed by atoms with Gasteiger partial charge in [-0.15, -0.1) is 0 Å². The highest BCUT2D eigenvalue weighted by molar-refractivity contribution is 5.80. The highest BCUT2D eigenvalue weighted by atomic mass is 16.5. The number of likely N-dealkylation sites (N-methyl/N-ethyl adjacent to an activating group) is 1. The van der Waals surface area contributed by atoms with Crippen LogP contribution in [0.4, 0.5) is 0 Å². The van der Waals surface area contributed by atoms with Gasteiger partial charge in [0.15, 0.2) is 0 Å². The van der Waals surface area contributed by atoms with Crippen molar-refractivity contribution in [2.75, 3.05) is 33.5 Å². The summed E-state index contributed by atoms with van der Waals surface area (Å²) in [5.74, 6) is -0.0434. The van der Waals surface area contributed by atoms with Crippen molar-refractivity contribution in [1.82, 2.24) is 10.6 Å². The van der Waals surface area contributed by atoms with Gasteiger partial charge in [0.1, 0.15) is 0 Å². The van der Waals surface area contributed by atoms with Gasteiger partial charge in [0, 0.05) is 18.7 Å². The lowest BCUT2D eigenvalue weighted by Gasteiger charge is -2.19. The molecule has 94 valence electrons. The number of ether oxygens (including phenoxy) is 2. The summed E-state index contributed by atoms with van der Waals surface area (Å²) < 4.78 is 10.5. The molecule has 0 aromatic carbocycles. The molecule has 0 bridgehead atoms. The Morgan fingerprint density at radius 3 is 2.94 bits per heavy atom. The first-order valence-corrected chi connectivity index (χ1v) is 5.82. The van der Waals surface area contributed by atoms with Crippen LogP contribution in [0.3, 0.4) is 0 Å². The Bertz CT molecular complexity index is 223. The molecule has 0 saturated carbocycles. The molecular formula is C11H22N2O3. The monoisotopic (exact) mass is 230 g/mol. The molecule has 3 unspecified atom stereocenters. The molecule has 2 N–H and O–H groups in total. The van der Waals surface area contributed by atoms with Crippen LogP contribution in [0.25, 0.3) is 0 Å². The molecule has 0 radical (unpaired) electrons. The molecule has 1 rings (SSSR count). The minimum Gasteiger partial charge on any atom is -0.380 e. The fourth-order valence-electron chi connectivity index (χ4n) is 1.78. The smallest absolute Gasteiger partial charge is 0.227 e. The minimum atomic E-state index is -0.0888. The zero-order valence-corrected chi connectivity index (χ0v) is 10.3. The van der Waals surface area contributed by atoms with Gasteiger partial charge in [0.25, 0.3) is 0 Å². The van der Waals surface area contributed by atoms with E-state index in [0.717, 1.165) is 0 Å². The minimum absolute atomic E-state index is 0.0454. The molecule has 0 spiro atoms. The zero-order chi connectivity index (χ0) is 12.0. The van der Waals surface area contributed by atoms with Crippen molar-refractivity contribution in [1.29, 1.82) is 0 Å². The Morgan fingerprint density at radius 2 is 2.31 bits per heavy atom. The molecule has 0 aliphatic carbocycles. The maximum Gasteiger partial charge on any atom is 0.227 e. The molecule has 0 aromatic heterocycles. The van der Waals surface area contributed by atoms with Gasteiger partial charge in [-0.25, -0.2) is 0 Å². The van der Waals surface area contributed by atoms with Crippen LogP contribution in [0.5, 0.6) is 0 Å². The van der Waals surface area contributed by atoms with Gasteiger partial charge in [-0.05, 0) is 20.9 Å². The van der Waals surface area contributed by atoms with Crippen LogP contribution in [-0.4, -0.2) is 51.5 Å². The van der Waals surface area contributed by atoms with Crippen LogP contribution in [0, 0.1) is 5.92 Å². The number of carbonyl (C=O) groups is 1. The lowest BCUT2D eigenvalue weighted by Crippen LogP contribution is -2.46. The van der Waals surface area contributed by atoms with Gasteiger partial charge < -0.3 is 20.1 Å². The van der Waals surface area contributed by atoms with Gasteiger partial charge in [0.05, 0.1) is 25.7 Å². The summed E-state index contributed by atoms with van der Waals surface area (Å²) >= 11 is 0. The van der Waals surface area contributed by atoms with Crippen LogP contribution in [-0.2, 0) is 14.3 Å². The summed E-state index contributed by atoms with van der Waals surface area (Å²) in [5, 5.41) is 6.03. The largest absolute Gasteiger partial charge is 0.380 e. The molecular weight excluding hydrogens is 208 g/mol. The summed E-state index contributed by atoms with van der Waals surface area (Å²) in [6.07, 6.45) is 0. The third-order valence-electron chi connectivity index (χ3n) is 2.75. The van der Waals surface area contributed by atoms with Crippen LogP contribution in [0.1, 0.15) is 13.8 Å². The van der Waals surface area contributed by atoms with Gasteiger partial charge in [0.2, 0.25) is 5.91 Å². The first-order chi connectivity index (χ1) is 7.69. The normalized spacial score (nSPS) is 26.7. The molecule has 0 aromatic rings. The van der Waals surface area contributed by atoms with E-state index in [2.05, 4.69) is 10.6 Å². The standard InChI is InChI=1S/C11H22N2O3/c1-4-15-5-8(2)13-11(14)9-6-16-7-10(9)12-3/h8-10,12H,4-7H2,1-3H3,(H,13,14). The highest BCUT2D eigenvalue weighted by Crippen LogP contribution is 2.13. The molecule has 5 heteroatoms. The lowest BCUT2D eigenvalue weighted by atomic mass is 10.0. The Balaban J connectivity index is 2.33. The summed E-state index contributed by atoms with van der Waals surface area (Å²) in [5.41, 5.74) is 0. The average molecular weight is 230 g/mol. The van der Waals surface area contributed by atoms with Crippen LogP contribution < -0.4 is 10.6 Å². The molecule has 1 aliphatic rings. The van der Waals surface area contributed by atoms with Crippen LogP contribution in [0.2, 0.25) is 0 Å². The lowest BCUT2D eigenvalue weighted by molar-refractivity contribution is -0.126. The first kappa shape index (κ1) is 13.4. The zero-order valence-electron chi connectivity index (χ0n) is 10.3. The van der Waals surface area contributed by atoms with E-state index >= 15 is 0 Å². The summed E-state index contributed by atoms with van der Waals surface area (Å²) in [4.78, 5) is 11.9. The topological polar surface area (TPSA) is 59.6 Å². The SMILES string of the molecule is CCOCC(C)NC(=O)C1COCC1NC. The highest BCUT2D eigenvalue weighted by Gasteiger charge is 2.33. The van der Waals surface area contributed by atoms with Crippen molar-refractivity contribution < 1.29 is 14.3 Å². The maximum atomic E-state index is 11.9. The first-order valence-electron chi connectivity index (χ1n) is 5.82. The van der Waals surface area contributed by atoms with E-state index in [4.69, 9.17) is 9.47 Å². The van der Waals surface area contributed by atoms with Gasteiger partial charge in [-0.2, -0.15) is 0 Å². The molecule has 1 aliphatic heterocycles. The Hall–Kier alpha value is -0.650. The average Bonchev–Trinajstić information content (AvgIpc) is 2.74. The van der Waals surface area contributed by atoms with Crippen molar-refractivity contribution in [3.05, 3.63) is 0 Å². The summed E-state index contributed by atoms with van der Waals surface area (Å²) in [6, 6.07) is 0.171. The fourth-order valence-corrected chi connectivity index (χ4v) is 1.78. The molecule has 1 saturated heterocycles. The van der Waals surface area contributed by atoms with Crippen molar-refractivity contribution in [3.8, 4) is 0 Å². The maximum absolute atomic E-state index is 11.9. The van der Waals surface area contributed by atoms with Crippen molar-refractivity contribution in [2.45, 2.75) is 25.9 Å². The van der Waals surface area contributed by atoms with Crippen molar-refractivity contribution in [2.24, 2.45) is 5.92 Å². The van der Waals surface area contributed by atoms with E-state index in [9.17, 15) is 4.79 Å². The number of carbonyl (C=O) groups excluding carboxylic acids is 1. The van der Waals surface area contributed by atoms with Crippen LogP contribution >= 0.6 is 0 Å². The van der Waals surface area contributed by atoms with E-state index in [1.54, 1.807) is 0 Å². The number of hydrogen-bond acceptors (Lipinski definition) is 4. The third-order valence-corrected chi connectivity index (χ3v) is 2.75. The van der Waals surface area contributed by atoms with Gasteiger partial charge >= 0.3 is 0 Å². The Labute approximate surface area is 96.9 Å². The second-order valence-corrected chi connectivity index (χ2v) is 4.11. The predicted molar refractivity (Wildman–Crippen MR) is 61.3 cm³/mol. The second kappa shape index (κ2) is 6.83. The second-order valence-electron chi connectivity index (χ2n) is 4.11. The molecule has 3 atom stereocenters. The number of rotatable bonds is 6. The summed E-state index contributed by atoms with van der Waals surface area (Å²) in [6.45, 7) is 6.22. The number of hydrogen-bond donors (Lipinski definition) is 2. The molecule has 16 heavy (non-hydrogen) atoms. The number of amides is 1. The predicted octanol–water partition coefficient (Wildman–Crippen LogP) is -0.238. The molecule has 1 amide bonds. The molecule has 1 fully saturated rings. The molecule has 1 heterocycles. The quantitative estimate of drug-likeness (QED) is 0.661. The summed E-state index contributed by atoms with van der Waals surface area (Å²) in [7, 11) is 1.85. The van der Waals surface area contributed by atoms with E-state index in [1.165, 1.54) is 0 Å². The van der Waals surface area contributed by atoms with E-state index in [1.807, 2.05) is 20.9 Å².